The molecule has 2 amide bonds. The van der Waals surface area contributed by atoms with Gasteiger partial charge in [-0.05, 0) is 48.5 Å². The fourth-order valence-corrected chi connectivity index (χ4v) is 4.33. The number of ether oxygens (including phenoxy) is 2. The topological polar surface area (TPSA) is 154 Å². The van der Waals surface area contributed by atoms with Crippen molar-refractivity contribution in [2.45, 2.75) is 13.0 Å². The molecule has 0 aliphatic rings. The maximum atomic E-state index is 13.5. The first kappa shape index (κ1) is 29.0. The molecule has 212 valence electrons. The molecule has 0 fully saturated rings. The van der Waals surface area contributed by atoms with Crippen molar-refractivity contribution in [2.24, 2.45) is 17.8 Å². The molecule has 0 unspecified atom stereocenters. The van der Waals surface area contributed by atoms with E-state index in [2.05, 4.69) is 20.0 Å². The fourth-order valence-electron chi connectivity index (χ4n) is 4.05. The van der Waals surface area contributed by atoms with Gasteiger partial charge in [-0.1, -0.05) is 17.7 Å². The Morgan fingerprint density at radius 1 is 1.10 bits per heavy atom. The Hall–Kier alpha value is -4.97. The summed E-state index contributed by atoms with van der Waals surface area (Å²) in [5.74, 6) is 0.342. The number of nitrogens with zero attached hydrogens (tertiary/aromatic N) is 5. The zero-order valence-corrected chi connectivity index (χ0v) is 23.4. The summed E-state index contributed by atoms with van der Waals surface area (Å²) in [5, 5.41) is 3.57. The van der Waals surface area contributed by atoms with Gasteiger partial charge in [-0.3, -0.25) is 14.5 Å². The summed E-state index contributed by atoms with van der Waals surface area (Å²) in [6.45, 7) is 0.467. The van der Waals surface area contributed by atoms with Crippen molar-refractivity contribution in [2.75, 3.05) is 31.0 Å². The van der Waals surface area contributed by atoms with Gasteiger partial charge in [0.15, 0.2) is 0 Å². The first-order valence-electron chi connectivity index (χ1n) is 12.4. The van der Waals surface area contributed by atoms with Gasteiger partial charge in [-0.25, -0.2) is 14.8 Å². The number of aryl methyl sites for hydroxylation is 1. The zero-order valence-electron chi connectivity index (χ0n) is 22.6. The molecule has 2 aromatic heterocycles. The van der Waals surface area contributed by atoms with Crippen molar-refractivity contribution in [3.05, 3.63) is 82.8 Å². The van der Waals surface area contributed by atoms with Crippen LogP contribution in [0, 0.1) is 0 Å². The van der Waals surface area contributed by atoms with Crippen LogP contribution in [-0.4, -0.2) is 59.1 Å². The number of amides is 2. The second kappa shape index (κ2) is 12.9. The number of benzene rings is 2. The van der Waals surface area contributed by atoms with Crippen LogP contribution in [0.2, 0.25) is 5.02 Å². The minimum Gasteiger partial charge on any atom is -0.469 e. The minimum atomic E-state index is -0.821. The van der Waals surface area contributed by atoms with Crippen LogP contribution in [0.25, 0.3) is 11.0 Å². The van der Waals surface area contributed by atoms with E-state index in [0.717, 1.165) is 5.52 Å². The first-order chi connectivity index (χ1) is 19.7. The number of nitrogens with one attached hydrogen (secondary N) is 1. The molecule has 0 radical (unpaired) electrons. The maximum Gasteiger partial charge on any atom is 0.435 e. The summed E-state index contributed by atoms with van der Waals surface area (Å²) in [7, 11) is 4.39. The lowest BCUT2D eigenvalue weighted by atomic mass is 10.1. The van der Waals surface area contributed by atoms with Gasteiger partial charge >= 0.3 is 12.1 Å². The summed E-state index contributed by atoms with van der Waals surface area (Å²) in [6, 6.07) is 15.5. The summed E-state index contributed by atoms with van der Waals surface area (Å²) >= 11 is 6.35. The van der Waals surface area contributed by atoms with E-state index in [1.54, 1.807) is 54.7 Å². The van der Waals surface area contributed by atoms with E-state index in [1.807, 2.05) is 17.7 Å². The smallest absolute Gasteiger partial charge is 0.435 e. The molecule has 0 aliphatic heterocycles. The molecule has 0 saturated carbocycles. The maximum absolute atomic E-state index is 13.5. The van der Waals surface area contributed by atoms with E-state index in [9.17, 15) is 14.4 Å². The second-order valence-electron chi connectivity index (χ2n) is 8.78. The van der Waals surface area contributed by atoms with Crippen molar-refractivity contribution in [1.82, 2.24) is 14.5 Å². The number of hydrogen-bond acceptors (Lipinski definition) is 8. The molecule has 2 heterocycles. The van der Waals surface area contributed by atoms with Crippen LogP contribution in [-0.2, 0) is 27.9 Å². The van der Waals surface area contributed by atoms with Gasteiger partial charge < -0.3 is 25.1 Å². The van der Waals surface area contributed by atoms with Gasteiger partial charge in [0.25, 0.3) is 5.91 Å². The van der Waals surface area contributed by atoms with Crippen LogP contribution in [0.5, 0.6) is 0 Å². The Bertz CT molecular complexity index is 1620. The van der Waals surface area contributed by atoms with E-state index in [0.29, 0.717) is 45.5 Å². The number of halogens is 1. The van der Waals surface area contributed by atoms with Gasteiger partial charge in [-0.15, -0.1) is 0 Å². The highest BCUT2D eigenvalue weighted by Crippen LogP contribution is 2.23. The normalized spacial score (nSPS) is 11.3. The van der Waals surface area contributed by atoms with Crippen LogP contribution in [0.15, 0.2) is 65.8 Å². The summed E-state index contributed by atoms with van der Waals surface area (Å²) in [5.41, 5.74) is 8.81. The number of nitrogens with two attached hydrogens (primary N) is 1. The Balaban J connectivity index is 1.53. The molecule has 2 aromatic carbocycles. The predicted octanol–water partition coefficient (Wildman–Crippen LogP) is 3.92. The third-order valence-corrected chi connectivity index (χ3v) is 6.55. The van der Waals surface area contributed by atoms with Crippen LogP contribution < -0.4 is 16.0 Å². The Morgan fingerprint density at radius 2 is 1.90 bits per heavy atom. The van der Waals surface area contributed by atoms with Crippen molar-refractivity contribution in [3.8, 4) is 0 Å². The highest BCUT2D eigenvalue weighted by molar-refractivity contribution is 6.34. The lowest BCUT2D eigenvalue weighted by molar-refractivity contribution is -0.140. The van der Waals surface area contributed by atoms with E-state index in [-0.39, 0.29) is 24.7 Å². The molecular weight excluding hydrogens is 550 g/mol. The number of amidine groups is 1. The predicted molar refractivity (Wildman–Crippen MR) is 155 cm³/mol. The number of aliphatic imine (C=N–C) groups is 1. The van der Waals surface area contributed by atoms with Gasteiger partial charge in [0.1, 0.15) is 17.5 Å². The molecule has 4 aromatic rings. The molecule has 12 nitrogen and oxygen atoms in total. The Morgan fingerprint density at radius 3 is 2.59 bits per heavy atom. The quantitative estimate of drug-likeness (QED) is 0.171. The highest BCUT2D eigenvalue weighted by Gasteiger charge is 2.21. The summed E-state index contributed by atoms with van der Waals surface area (Å²) < 4.78 is 11.2. The van der Waals surface area contributed by atoms with E-state index in [4.69, 9.17) is 27.1 Å². The van der Waals surface area contributed by atoms with Crippen molar-refractivity contribution < 1.29 is 23.9 Å². The highest BCUT2D eigenvalue weighted by atomic mass is 35.5. The molecule has 0 spiro atoms. The van der Waals surface area contributed by atoms with Gasteiger partial charge in [0, 0.05) is 36.6 Å². The second-order valence-corrected chi connectivity index (χ2v) is 9.18. The monoisotopic (exact) mass is 577 g/mol. The third kappa shape index (κ3) is 6.79. The number of rotatable bonds is 9. The number of esters is 1. The van der Waals surface area contributed by atoms with Crippen LogP contribution >= 0.6 is 11.6 Å². The first-order valence-corrected chi connectivity index (χ1v) is 12.8. The van der Waals surface area contributed by atoms with E-state index < -0.39 is 12.1 Å². The summed E-state index contributed by atoms with van der Waals surface area (Å²) in [4.78, 5) is 50.7. The average Bonchev–Trinajstić information content (AvgIpc) is 3.30. The molecule has 13 heteroatoms. The number of imidazole rings is 1. The number of aromatic nitrogens is 3. The lowest BCUT2D eigenvalue weighted by Gasteiger charge is -2.21. The molecule has 3 N–H and O–H groups in total. The zero-order chi connectivity index (χ0) is 29.5. The van der Waals surface area contributed by atoms with E-state index >= 15 is 0 Å². The number of methoxy groups -OCH3 is 2. The van der Waals surface area contributed by atoms with Crippen LogP contribution in [0.3, 0.4) is 0 Å². The lowest BCUT2D eigenvalue weighted by Crippen LogP contribution is -2.33. The number of carbonyl (C=O) groups is 3. The number of anilines is 2. The molecule has 0 atom stereocenters. The largest absolute Gasteiger partial charge is 0.469 e. The van der Waals surface area contributed by atoms with Crippen molar-refractivity contribution >= 4 is 57.9 Å². The molecular formula is C28H28ClN7O5. The number of carbonyl (C=O) groups excluding carboxylic acids is 3. The van der Waals surface area contributed by atoms with Gasteiger partial charge in [-0.2, -0.15) is 4.99 Å². The average molecular weight is 578 g/mol. The Labute approximate surface area is 240 Å². The standard InChI is InChI=1S/C28H28ClN7O5/c1-35-22-10-7-17(27(38)36(13-11-25(37)40-2)23-6-4-5-12-31-23)14-21(22)33-24(35)16-32-18-8-9-19(20(29)15-18)26(30)34-28(39)41-3/h4-10,12,14-15,32H,11,13,16H2,1-3H3,(H2,30,34,39). The Kier molecular flexibility index (Phi) is 9.15. The van der Waals surface area contributed by atoms with Crippen LogP contribution in [0.1, 0.15) is 28.2 Å². The SMILES string of the molecule is COC(=O)CCN(C(=O)c1ccc2c(c1)nc(CNc1ccc(/C(N)=N\C(=O)OC)c(Cl)c1)n2C)c1ccccn1. The molecule has 0 aliphatic carbocycles. The van der Waals surface area contributed by atoms with Crippen LogP contribution in [0.4, 0.5) is 16.3 Å². The van der Waals surface area contributed by atoms with Gasteiger partial charge in [0.2, 0.25) is 0 Å². The molecule has 0 saturated heterocycles. The number of pyridine rings is 1. The molecule has 41 heavy (non-hydrogen) atoms. The van der Waals surface area contributed by atoms with Crippen molar-refractivity contribution in [3.63, 3.8) is 0 Å². The number of fused-ring (bicyclic) bond motifs is 1. The molecule has 0 bridgehead atoms. The fraction of sp³-hybridized carbons (Fsp3) is 0.214. The van der Waals surface area contributed by atoms with Gasteiger partial charge in [0.05, 0.1) is 43.2 Å². The summed E-state index contributed by atoms with van der Waals surface area (Å²) in [6.07, 6.45) is 0.787. The van der Waals surface area contributed by atoms with E-state index in [1.165, 1.54) is 19.1 Å². The minimum absolute atomic E-state index is 0.0239. The third-order valence-electron chi connectivity index (χ3n) is 6.24. The number of hydrogen-bond donors (Lipinski definition) is 2. The molecule has 4 rings (SSSR count). The van der Waals surface area contributed by atoms with Crippen molar-refractivity contribution in [1.29, 1.82) is 0 Å².